The molecule has 1 fully saturated rings. The van der Waals surface area contributed by atoms with Crippen LogP contribution >= 0.6 is 0 Å². The summed E-state index contributed by atoms with van der Waals surface area (Å²) >= 11 is 0. The van der Waals surface area contributed by atoms with Crippen molar-refractivity contribution in [3.63, 3.8) is 0 Å². The molecule has 2 amide bonds. The standard InChI is InChI=1S/C18H23N5O2/c19-17(24)14-9-5-2-6-10-15(14)20-18(25)16-12-23(22-21-16)11-13-7-3-1-4-8-13/h1,3-4,7-8,12,14-15H,2,5-6,9-11H2,(H2,19,24)(H,20,25)/t14-,15-/m0/s1. The van der Waals surface area contributed by atoms with E-state index in [4.69, 9.17) is 5.73 Å². The van der Waals surface area contributed by atoms with E-state index in [2.05, 4.69) is 15.6 Å². The van der Waals surface area contributed by atoms with Gasteiger partial charge < -0.3 is 11.1 Å². The molecule has 1 heterocycles. The van der Waals surface area contributed by atoms with Gasteiger partial charge in [0.2, 0.25) is 5.91 Å². The van der Waals surface area contributed by atoms with Crippen molar-refractivity contribution in [2.45, 2.75) is 44.7 Å². The van der Waals surface area contributed by atoms with E-state index >= 15 is 0 Å². The minimum absolute atomic E-state index is 0.230. The predicted molar refractivity (Wildman–Crippen MR) is 92.6 cm³/mol. The van der Waals surface area contributed by atoms with E-state index in [1.54, 1.807) is 10.9 Å². The van der Waals surface area contributed by atoms with Gasteiger partial charge in [-0.15, -0.1) is 5.10 Å². The third kappa shape index (κ3) is 4.43. The third-order valence-corrected chi connectivity index (χ3v) is 4.66. The van der Waals surface area contributed by atoms with Gasteiger partial charge in [0.05, 0.1) is 18.7 Å². The number of aromatic nitrogens is 3. The summed E-state index contributed by atoms with van der Waals surface area (Å²) in [5.41, 5.74) is 6.84. The second kappa shape index (κ2) is 7.92. The lowest BCUT2D eigenvalue weighted by molar-refractivity contribution is -0.122. The monoisotopic (exact) mass is 341 g/mol. The first-order valence-corrected chi connectivity index (χ1v) is 8.68. The Morgan fingerprint density at radius 3 is 2.68 bits per heavy atom. The molecule has 7 heteroatoms. The van der Waals surface area contributed by atoms with Gasteiger partial charge in [0.25, 0.3) is 5.91 Å². The van der Waals surface area contributed by atoms with Crippen molar-refractivity contribution in [2.75, 3.05) is 0 Å². The largest absolute Gasteiger partial charge is 0.369 e. The lowest BCUT2D eigenvalue weighted by Crippen LogP contribution is -2.45. The van der Waals surface area contributed by atoms with Crippen LogP contribution < -0.4 is 11.1 Å². The molecule has 132 valence electrons. The minimum Gasteiger partial charge on any atom is -0.369 e. The highest BCUT2D eigenvalue weighted by Gasteiger charge is 2.30. The van der Waals surface area contributed by atoms with Gasteiger partial charge in [-0.25, -0.2) is 4.68 Å². The summed E-state index contributed by atoms with van der Waals surface area (Å²) in [5.74, 6) is -0.969. The Morgan fingerprint density at radius 1 is 1.16 bits per heavy atom. The molecule has 1 aromatic heterocycles. The fourth-order valence-corrected chi connectivity index (χ4v) is 3.31. The molecule has 0 spiro atoms. The van der Waals surface area contributed by atoms with Crippen molar-refractivity contribution < 1.29 is 9.59 Å². The molecule has 1 aromatic carbocycles. The highest BCUT2D eigenvalue weighted by Crippen LogP contribution is 2.23. The molecule has 3 N–H and O–H groups in total. The van der Waals surface area contributed by atoms with Crippen LogP contribution in [0.5, 0.6) is 0 Å². The summed E-state index contributed by atoms with van der Waals surface area (Å²) in [6, 6.07) is 9.61. The van der Waals surface area contributed by atoms with Crippen LogP contribution in [0.4, 0.5) is 0 Å². The molecular weight excluding hydrogens is 318 g/mol. The van der Waals surface area contributed by atoms with Crippen LogP contribution in [0.2, 0.25) is 0 Å². The van der Waals surface area contributed by atoms with Crippen molar-refractivity contribution in [3.8, 4) is 0 Å². The first kappa shape index (κ1) is 17.1. The zero-order valence-electron chi connectivity index (χ0n) is 14.1. The van der Waals surface area contributed by atoms with Gasteiger partial charge in [-0.2, -0.15) is 0 Å². The Morgan fingerprint density at radius 2 is 1.92 bits per heavy atom. The predicted octanol–water partition coefficient (Wildman–Crippen LogP) is 1.49. The summed E-state index contributed by atoms with van der Waals surface area (Å²) in [4.78, 5) is 24.2. The molecule has 2 aromatic rings. The Hall–Kier alpha value is -2.70. The second-order valence-electron chi connectivity index (χ2n) is 6.51. The van der Waals surface area contributed by atoms with Crippen LogP contribution in [-0.2, 0) is 11.3 Å². The molecule has 0 bridgehead atoms. The zero-order chi connectivity index (χ0) is 17.6. The maximum Gasteiger partial charge on any atom is 0.273 e. The second-order valence-corrected chi connectivity index (χ2v) is 6.51. The van der Waals surface area contributed by atoms with E-state index in [0.29, 0.717) is 6.54 Å². The highest BCUT2D eigenvalue weighted by molar-refractivity contribution is 5.92. The van der Waals surface area contributed by atoms with Gasteiger partial charge in [-0.1, -0.05) is 54.8 Å². The number of rotatable bonds is 5. The molecule has 0 aliphatic heterocycles. The van der Waals surface area contributed by atoms with Crippen molar-refractivity contribution in [1.82, 2.24) is 20.3 Å². The van der Waals surface area contributed by atoms with E-state index < -0.39 is 0 Å². The molecule has 2 atom stereocenters. The number of primary amides is 1. The molecular formula is C18H23N5O2. The minimum atomic E-state index is -0.347. The third-order valence-electron chi connectivity index (χ3n) is 4.66. The zero-order valence-corrected chi connectivity index (χ0v) is 14.1. The van der Waals surface area contributed by atoms with Gasteiger partial charge in [0, 0.05) is 6.04 Å². The first-order valence-electron chi connectivity index (χ1n) is 8.68. The number of amides is 2. The summed E-state index contributed by atoms with van der Waals surface area (Å²) in [5, 5.41) is 10.9. The number of nitrogens with zero attached hydrogens (tertiary/aromatic N) is 3. The maximum atomic E-state index is 12.5. The highest BCUT2D eigenvalue weighted by atomic mass is 16.2. The van der Waals surface area contributed by atoms with Gasteiger partial charge >= 0.3 is 0 Å². The topological polar surface area (TPSA) is 103 Å². The van der Waals surface area contributed by atoms with Crippen molar-refractivity contribution in [2.24, 2.45) is 11.7 Å². The molecule has 25 heavy (non-hydrogen) atoms. The fourth-order valence-electron chi connectivity index (χ4n) is 3.31. The molecule has 0 radical (unpaired) electrons. The van der Waals surface area contributed by atoms with E-state index in [-0.39, 0.29) is 29.5 Å². The SMILES string of the molecule is NC(=O)[C@H]1CCCCC[C@@H]1NC(=O)c1cn(Cc2ccccc2)nn1. The summed E-state index contributed by atoms with van der Waals surface area (Å²) < 4.78 is 1.63. The van der Waals surface area contributed by atoms with Crippen LogP contribution in [0.15, 0.2) is 36.5 Å². The average molecular weight is 341 g/mol. The van der Waals surface area contributed by atoms with Gasteiger partial charge in [-0.05, 0) is 18.4 Å². The number of hydrogen-bond acceptors (Lipinski definition) is 4. The van der Waals surface area contributed by atoms with Crippen molar-refractivity contribution in [1.29, 1.82) is 0 Å². The number of carbonyl (C=O) groups excluding carboxylic acids is 2. The quantitative estimate of drug-likeness (QED) is 0.804. The Kier molecular flexibility index (Phi) is 5.42. The lowest BCUT2D eigenvalue weighted by Gasteiger charge is -2.23. The number of hydrogen-bond donors (Lipinski definition) is 2. The molecule has 3 rings (SSSR count). The number of nitrogens with two attached hydrogens (primary N) is 1. The van der Waals surface area contributed by atoms with Gasteiger partial charge in [-0.3, -0.25) is 9.59 Å². The van der Waals surface area contributed by atoms with Crippen LogP contribution in [0.25, 0.3) is 0 Å². The Bertz CT molecular complexity index is 728. The van der Waals surface area contributed by atoms with Crippen LogP contribution in [0, 0.1) is 5.92 Å². The smallest absolute Gasteiger partial charge is 0.273 e. The Balaban J connectivity index is 1.65. The average Bonchev–Trinajstić information content (AvgIpc) is 2.94. The molecule has 1 aliphatic carbocycles. The molecule has 1 aliphatic rings. The fraction of sp³-hybridized carbons (Fsp3) is 0.444. The van der Waals surface area contributed by atoms with Gasteiger partial charge in [0.15, 0.2) is 5.69 Å². The molecule has 0 saturated heterocycles. The summed E-state index contributed by atoms with van der Waals surface area (Å²) in [6.07, 6.45) is 6.11. The number of benzene rings is 1. The number of carbonyl (C=O) groups is 2. The first-order chi connectivity index (χ1) is 12.1. The molecule has 1 saturated carbocycles. The summed E-state index contributed by atoms with van der Waals surface area (Å²) in [6.45, 7) is 0.550. The van der Waals surface area contributed by atoms with E-state index in [1.807, 2.05) is 30.3 Å². The van der Waals surface area contributed by atoms with Crippen molar-refractivity contribution in [3.05, 3.63) is 47.8 Å². The normalized spacial score (nSPS) is 20.6. The van der Waals surface area contributed by atoms with Crippen molar-refractivity contribution >= 4 is 11.8 Å². The maximum absolute atomic E-state index is 12.5. The lowest BCUT2D eigenvalue weighted by atomic mass is 9.94. The van der Waals surface area contributed by atoms with E-state index in [9.17, 15) is 9.59 Å². The van der Waals surface area contributed by atoms with E-state index in [0.717, 1.165) is 37.7 Å². The van der Waals surface area contributed by atoms with Crippen LogP contribution in [0.1, 0.15) is 48.2 Å². The summed E-state index contributed by atoms with van der Waals surface area (Å²) in [7, 11) is 0. The molecule has 0 unspecified atom stereocenters. The van der Waals surface area contributed by atoms with E-state index in [1.165, 1.54) is 0 Å². The van der Waals surface area contributed by atoms with Crippen LogP contribution in [-0.4, -0.2) is 32.9 Å². The molecule has 7 nitrogen and oxygen atoms in total. The Labute approximate surface area is 146 Å². The van der Waals surface area contributed by atoms with Gasteiger partial charge in [0.1, 0.15) is 0 Å². The van der Waals surface area contributed by atoms with Crippen LogP contribution in [0.3, 0.4) is 0 Å². The number of nitrogens with one attached hydrogen (secondary N) is 1.